The summed E-state index contributed by atoms with van der Waals surface area (Å²) in [7, 11) is 1.51. The number of halogens is 3. The Morgan fingerprint density at radius 3 is 2.26 bits per heavy atom. The molecule has 1 aromatic rings. The Kier molecular flexibility index (Phi) is 4.94. The van der Waals surface area contributed by atoms with Crippen LogP contribution >= 0.6 is 11.3 Å². The molecule has 19 heavy (non-hydrogen) atoms. The maximum Gasteiger partial charge on any atom is 0.443 e. The first kappa shape index (κ1) is 16.4. The lowest BCUT2D eigenvalue weighted by molar-refractivity contribution is -0.137. The van der Waals surface area contributed by atoms with Gasteiger partial charge in [-0.2, -0.15) is 13.2 Å². The molecule has 0 saturated heterocycles. The van der Waals surface area contributed by atoms with Gasteiger partial charge in [-0.15, -0.1) is 11.3 Å². The lowest BCUT2D eigenvalue weighted by Gasteiger charge is -2.34. The monoisotopic (exact) mass is 297 g/mol. The molecule has 0 amide bonds. The molecule has 1 aromatic heterocycles. The molecule has 0 saturated carbocycles. The van der Waals surface area contributed by atoms with Gasteiger partial charge in [0.2, 0.25) is 0 Å². The largest absolute Gasteiger partial charge is 0.443 e. The molecule has 0 spiro atoms. The van der Waals surface area contributed by atoms with E-state index in [-0.39, 0.29) is 11.5 Å². The third-order valence-corrected chi connectivity index (χ3v) is 3.79. The summed E-state index contributed by atoms with van der Waals surface area (Å²) in [6, 6.07) is -0.543. The van der Waals surface area contributed by atoms with Crippen molar-refractivity contribution in [3.05, 3.63) is 16.1 Å². The molecule has 0 bridgehead atoms. The average molecular weight is 297 g/mol. The third-order valence-electron chi connectivity index (χ3n) is 2.66. The van der Waals surface area contributed by atoms with Gasteiger partial charge in [0.15, 0.2) is 5.01 Å². The van der Waals surface area contributed by atoms with Crippen molar-refractivity contribution in [1.29, 1.82) is 0 Å². The van der Waals surface area contributed by atoms with E-state index in [1.54, 1.807) is 0 Å². The zero-order valence-corrected chi connectivity index (χ0v) is 12.0. The summed E-state index contributed by atoms with van der Waals surface area (Å²) >= 11 is 0.574. The number of nitrogens with zero attached hydrogens (tertiary/aromatic N) is 1. The van der Waals surface area contributed by atoms with E-state index in [2.05, 4.69) is 10.4 Å². The minimum absolute atomic E-state index is 0.284. The van der Waals surface area contributed by atoms with Gasteiger partial charge in [-0.25, -0.2) is 10.4 Å². The van der Waals surface area contributed by atoms with E-state index in [9.17, 15) is 13.2 Å². The maximum absolute atomic E-state index is 12.6. The van der Waals surface area contributed by atoms with Gasteiger partial charge in [0, 0.05) is 18.2 Å². The third kappa shape index (κ3) is 3.88. The lowest BCUT2D eigenvalue weighted by Crippen LogP contribution is -2.43. The first-order chi connectivity index (χ1) is 8.61. The molecule has 4 nitrogen and oxygen atoms in total. The fourth-order valence-electron chi connectivity index (χ4n) is 1.87. The van der Waals surface area contributed by atoms with E-state index in [1.807, 2.05) is 20.8 Å². The molecular weight excluding hydrogens is 279 g/mol. The fraction of sp³-hybridized carbons (Fsp3) is 0.727. The Labute approximate surface area is 114 Å². The van der Waals surface area contributed by atoms with Crippen molar-refractivity contribution in [1.82, 2.24) is 10.4 Å². The van der Waals surface area contributed by atoms with Crippen molar-refractivity contribution in [2.45, 2.75) is 39.1 Å². The second-order valence-corrected chi connectivity index (χ2v) is 6.29. The molecular formula is C11H18F3N3OS. The van der Waals surface area contributed by atoms with E-state index in [0.717, 1.165) is 0 Å². The number of methoxy groups -OCH3 is 1. The van der Waals surface area contributed by atoms with Gasteiger partial charge in [0.05, 0.1) is 12.1 Å². The van der Waals surface area contributed by atoms with Gasteiger partial charge in [0.25, 0.3) is 0 Å². The number of nitrogens with two attached hydrogens (primary N) is 1. The van der Waals surface area contributed by atoms with Crippen molar-refractivity contribution in [2.75, 3.05) is 7.11 Å². The first-order valence-corrected chi connectivity index (χ1v) is 6.44. The summed E-state index contributed by atoms with van der Waals surface area (Å²) in [5, 5.41) is -0.883. The number of alkyl halides is 3. The summed E-state index contributed by atoms with van der Waals surface area (Å²) in [6.07, 6.45) is -3.62. The molecule has 2 unspecified atom stereocenters. The van der Waals surface area contributed by atoms with Crippen molar-refractivity contribution in [3.63, 3.8) is 0 Å². The predicted octanol–water partition coefficient (Wildman–Crippen LogP) is 2.73. The van der Waals surface area contributed by atoms with Gasteiger partial charge in [-0.05, 0) is 5.41 Å². The standard InChI is InChI=1S/C11H18F3N3OS/c1-10(2,3)8(18-4)7(17-15)6-5-16-9(19-6)11(12,13)14/h5,7-8,17H,15H2,1-4H3. The molecule has 2 atom stereocenters. The Hall–Kier alpha value is -0.700. The minimum atomic E-state index is -4.44. The second kappa shape index (κ2) is 5.74. The number of rotatable bonds is 4. The van der Waals surface area contributed by atoms with Crippen molar-refractivity contribution in [3.8, 4) is 0 Å². The summed E-state index contributed by atoms with van der Waals surface area (Å²) in [5.74, 6) is 5.46. The highest BCUT2D eigenvalue weighted by Gasteiger charge is 2.38. The average Bonchev–Trinajstić information content (AvgIpc) is 2.72. The van der Waals surface area contributed by atoms with E-state index >= 15 is 0 Å². The van der Waals surface area contributed by atoms with Crippen LogP contribution in [0.3, 0.4) is 0 Å². The van der Waals surface area contributed by atoms with Crippen molar-refractivity contribution in [2.24, 2.45) is 11.3 Å². The van der Waals surface area contributed by atoms with Crippen LogP contribution in [0.25, 0.3) is 0 Å². The van der Waals surface area contributed by atoms with Crippen LogP contribution in [0.5, 0.6) is 0 Å². The van der Waals surface area contributed by atoms with Crippen LogP contribution in [-0.2, 0) is 10.9 Å². The zero-order valence-electron chi connectivity index (χ0n) is 11.2. The number of hydrazine groups is 1. The van der Waals surface area contributed by atoms with E-state index in [1.165, 1.54) is 13.3 Å². The lowest BCUT2D eigenvalue weighted by atomic mass is 9.84. The topological polar surface area (TPSA) is 60.2 Å². The zero-order chi connectivity index (χ0) is 14.8. The molecule has 8 heteroatoms. The van der Waals surface area contributed by atoms with Crippen LogP contribution in [-0.4, -0.2) is 18.2 Å². The SMILES string of the molecule is COC(C(NN)c1cnc(C(F)(F)F)s1)C(C)(C)C. The highest BCUT2D eigenvalue weighted by Crippen LogP contribution is 2.38. The van der Waals surface area contributed by atoms with Crippen molar-refractivity contribution < 1.29 is 17.9 Å². The Morgan fingerprint density at radius 1 is 1.37 bits per heavy atom. The molecule has 1 heterocycles. The number of ether oxygens (including phenoxy) is 1. The van der Waals surface area contributed by atoms with Crippen molar-refractivity contribution >= 4 is 11.3 Å². The van der Waals surface area contributed by atoms with Crippen LogP contribution in [0, 0.1) is 5.41 Å². The molecule has 0 aliphatic carbocycles. The summed E-state index contributed by atoms with van der Waals surface area (Å²) in [4.78, 5) is 3.80. The second-order valence-electron chi connectivity index (χ2n) is 5.23. The fourth-order valence-corrected chi connectivity index (χ4v) is 2.74. The van der Waals surface area contributed by atoms with Crippen LogP contribution in [0.15, 0.2) is 6.20 Å². The van der Waals surface area contributed by atoms with Crippen LogP contribution < -0.4 is 11.3 Å². The summed E-state index contributed by atoms with van der Waals surface area (Å²) in [6.45, 7) is 5.78. The Bertz CT molecular complexity index is 414. The Balaban J connectivity index is 3.07. The molecule has 0 radical (unpaired) electrons. The van der Waals surface area contributed by atoms with Crippen LogP contribution in [0.4, 0.5) is 13.2 Å². The normalized spacial score (nSPS) is 16.4. The molecule has 0 aliphatic heterocycles. The summed E-state index contributed by atoms with van der Waals surface area (Å²) in [5.41, 5.74) is 2.24. The number of nitrogens with one attached hydrogen (secondary N) is 1. The highest BCUT2D eigenvalue weighted by molar-refractivity contribution is 7.11. The van der Waals surface area contributed by atoms with Gasteiger partial charge >= 0.3 is 6.18 Å². The van der Waals surface area contributed by atoms with E-state index in [4.69, 9.17) is 10.6 Å². The molecule has 1 rings (SSSR count). The quantitative estimate of drug-likeness (QED) is 0.662. The highest BCUT2D eigenvalue weighted by atomic mass is 32.1. The number of thiazole rings is 1. The number of aromatic nitrogens is 1. The van der Waals surface area contributed by atoms with Crippen LogP contribution in [0.2, 0.25) is 0 Å². The van der Waals surface area contributed by atoms with E-state index < -0.39 is 17.2 Å². The molecule has 0 fully saturated rings. The van der Waals surface area contributed by atoms with Gasteiger partial charge < -0.3 is 4.74 Å². The minimum Gasteiger partial charge on any atom is -0.379 e. The predicted molar refractivity (Wildman–Crippen MR) is 67.4 cm³/mol. The summed E-state index contributed by atoms with van der Waals surface area (Å²) < 4.78 is 43.0. The van der Waals surface area contributed by atoms with Gasteiger partial charge in [-0.1, -0.05) is 20.8 Å². The first-order valence-electron chi connectivity index (χ1n) is 5.63. The van der Waals surface area contributed by atoms with Crippen LogP contribution in [0.1, 0.15) is 36.7 Å². The number of hydrogen-bond acceptors (Lipinski definition) is 5. The molecule has 3 N–H and O–H groups in total. The number of hydrogen-bond donors (Lipinski definition) is 2. The molecule has 0 aliphatic rings. The maximum atomic E-state index is 12.6. The van der Waals surface area contributed by atoms with E-state index in [0.29, 0.717) is 16.2 Å². The smallest absolute Gasteiger partial charge is 0.379 e. The molecule has 110 valence electrons. The molecule has 0 aromatic carbocycles. The van der Waals surface area contributed by atoms with Gasteiger partial charge in [-0.3, -0.25) is 5.84 Å². The Morgan fingerprint density at radius 2 is 1.95 bits per heavy atom. The van der Waals surface area contributed by atoms with Gasteiger partial charge in [0.1, 0.15) is 0 Å².